The molecule has 11 rings (SSSR count). The molecule has 1 saturated carbocycles. The Labute approximate surface area is 387 Å². The molecule has 4 aromatic carbocycles. The number of nitrogens with zero attached hydrogens (tertiary/aromatic N) is 5. The molecule has 3 fully saturated rings. The number of methoxy groups -OCH3 is 2. The summed E-state index contributed by atoms with van der Waals surface area (Å²) in [6.45, 7) is 3.84. The zero-order valence-electron chi connectivity index (χ0n) is 36.4. The molecule has 13 nitrogen and oxygen atoms in total. The van der Waals surface area contributed by atoms with Crippen LogP contribution in [-0.4, -0.2) is 57.7 Å². The molecule has 66 heavy (non-hydrogen) atoms. The second-order valence-electron chi connectivity index (χ2n) is 17.6. The van der Waals surface area contributed by atoms with E-state index in [2.05, 4.69) is 4.98 Å². The van der Waals surface area contributed by atoms with Gasteiger partial charge in [0.2, 0.25) is 35.3 Å². The maximum absolute atomic E-state index is 15.3. The fourth-order valence-electron chi connectivity index (χ4n) is 10.9. The number of hydrogen-bond donors (Lipinski definition) is 1. The highest BCUT2D eigenvalue weighted by molar-refractivity contribution is 7.22. The van der Waals surface area contributed by atoms with Crippen LogP contribution in [0.3, 0.4) is 0 Å². The summed E-state index contributed by atoms with van der Waals surface area (Å²) < 4.78 is 19.5. The quantitative estimate of drug-likeness (QED) is 0.115. The van der Waals surface area contributed by atoms with Crippen molar-refractivity contribution in [1.82, 2.24) is 14.8 Å². The van der Waals surface area contributed by atoms with Crippen LogP contribution in [0.25, 0.3) is 49.3 Å². The van der Waals surface area contributed by atoms with Gasteiger partial charge in [-0.25, -0.2) is 9.88 Å². The highest BCUT2D eigenvalue weighted by Crippen LogP contribution is 2.61. The number of benzene rings is 4. The molecule has 4 aliphatic rings. The number of halogens is 1. The number of ether oxygens (including phenoxy) is 2. The van der Waals surface area contributed by atoms with E-state index in [-0.39, 0.29) is 41.9 Å². The Hall–Kier alpha value is -7.03. The van der Waals surface area contributed by atoms with Crippen LogP contribution in [0, 0.1) is 41.9 Å². The highest BCUT2D eigenvalue weighted by atomic mass is 35.5. The molecule has 15 heteroatoms. The van der Waals surface area contributed by atoms with E-state index in [9.17, 15) is 14.7 Å². The minimum absolute atomic E-state index is 0.157. The molecule has 7 aromatic rings. The van der Waals surface area contributed by atoms with Crippen molar-refractivity contribution >= 4 is 85.3 Å². The first-order valence-corrected chi connectivity index (χ1v) is 22.8. The summed E-state index contributed by atoms with van der Waals surface area (Å²) >= 11 is 7.92. The molecule has 2 aliphatic heterocycles. The Balaban J connectivity index is 0.971. The number of rotatable bonds is 8. The average Bonchev–Trinajstić information content (AvgIpc) is 4.10. The molecule has 6 atom stereocenters. The topological polar surface area (TPSA) is 157 Å². The van der Waals surface area contributed by atoms with Crippen molar-refractivity contribution in [3.63, 3.8) is 0 Å². The van der Waals surface area contributed by atoms with Crippen LogP contribution in [0.5, 0.6) is 17.2 Å². The number of oxazole rings is 1. The first-order valence-electron chi connectivity index (χ1n) is 21.6. The van der Waals surface area contributed by atoms with Crippen LogP contribution in [0.2, 0.25) is 5.02 Å². The van der Waals surface area contributed by atoms with Crippen molar-refractivity contribution in [2.24, 2.45) is 42.1 Å². The van der Waals surface area contributed by atoms with Crippen molar-refractivity contribution in [2.45, 2.75) is 26.7 Å². The number of anilines is 2. The number of aromatic nitrogens is 3. The van der Waals surface area contributed by atoms with E-state index in [0.29, 0.717) is 44.8 Å². The van der Waals surface area contributed by atoms with E-state index in [1.807, 2.05) is 74.5 Å². The van der Waals surface area contributed by atoms with E-state index in [1.165, 1.54) is 24.0 Å². The fourth-order valence-corrected chi connectivity index (χ4v) is 12.2. The zero-order valence-corrected chi connectivity index (χ0v) is 38.0. The number of aryl methyl sites for hydroxylation is 2. The molecule has 5 heterocycles. The van der Waals surface area contributed by atoms with Crippen LogP contribution < -0.4 is 19.3 Å². The Morgan fingerprint density at radius 2 is 1.65 bits per heavy atom. The van der Waals surface area contributed by atoms with E-state index in [1.54, 1.807) is 65.5 Å². The zero-order chi connectivity index (χ0) is 45.9. The molecule has 1 N–H and O–H groups in total. The average molecular weight is 920 g/mol. The van der Waals surface area contributed by atoms with Gasteiger partial charge in [0, 0.05) is 34.3 Å². The summed E-state index contributed by atoms with van der Waals surface area (Å²) in [7, 11) is 4.60. The fraction of sp³-hybridized carbons (Fsp3) is 0.255. The number of carbonyl (C=O) groups excluding carboxylic acids is 4. The number of phenols is 1. The van der Waals surface area contributed by atoms with Gasteiger partial charge in [0.05, 0.1) is 48.0 Å². The third-order valence-corrected chi connectivity index (χ3v) is 15.7. The van der Waals surface area contributed by atoms with Gasteiger partial charge in [0.25, 0.3) is 0 Å². The molecular formula is C51H42ClN5O8S. The van der Waals surface area contributed by atoms with Crippen molar-refractivity contribution in [2.75, 3.05) is 24.0 Å². The number of phenolic OH excluding ortho intramolecular Hbond substituents is 1. The number of allylic oxidation sites excluding steroid dienone is 3. The van der Waals surface area contributed by atoms with E-state index >= 15 is 9.59 Å². The summed E-state index contributed by atoms with van der Waals surface area (Å²) in [5, 5.41) is 17.1. The van der Waals surface area contributed by atoms with Crippen LogP contribution in [0.4, 0.5) is 11.5 Å². The third kappa shape index (κ3) is 6.11. The standard InChI is InChI=1S/C51H42ClN5O8S/c1-25-32-22-28(52)13-19-41(32)66-45(25)37-24-42(55(3)54-37)57-48(60)35-23-33-30(34(51(35,2)50(57)62)18-10-26-20-39(63-4)44(58)40(21-26)64-5)16-17-31-43(33)49(61)56(47(31)59)29-14-11-27(12-15-29)46-53-36-8-6-7-9-38(36)65-46/h6-16,18-22,24,31,33-35,43,58H,17,23H2,1-5H3. The van der Waals surface area contributed by atoms with Crippen molar-refractivity contribution in [3.8, 4) is 39.3 Å². The van der Waals surface area contributed by atoms with Gasteiger partial charge in [-0.2, -0.15) is 5.10 Å². The number of imide groups is 2. The molecule has 0 spiro atoms. The summed E-state index contributed by atoms with van der Waals surface area (Å²) in [6.07, 6.45) is 6.18. The van der Waals surface area contributed by atoms with Crippen LogP contribution in [0.1, 0.15) is 30.9 Å². The van der Waals surface area contributed by atoms with Crippen LogP contribution in [-0.2, 0) is 26.2 Å². The molecular weight excluding hydrogens is 878 g/mol. The summed E-state index contributed by atoms with van der Waals surface area (Å²) in [5.74, 6) is -3.96. The largest absolute Gasteiger partial charge is 0.502 e. The summed E-state index contributed by atoms with van der Waals surface area (Å²) in [4.78, 5) is 67.6. The minimum atomic E-state index is -1.30. The Morgan fingerprint density at radius 3 is 2.38 bits per heavy atom. The van der Waals surface area contributed by atoms with Gasteiger partial charge in [-0.05, 0) is 116 Å². The Bertz CT molecular complexity index is 3240. The van der Waals surface area contributed by atoms with Gasteiger partial charge in [0.15, 0.2) is 17.1 Å². The normalized spacial score (nSPS) is 23.8. The van der Waals surface area contributed by atoms with Gasteiger partial charge in [-0.3, -0.25) is 28.8 Å². The first kappa shape index (κ1) is 41.7. The van der Waals surface area contributed by atoms with Crippen LogP contribution in [0.15, 0.2) is 107 Å². The van der Waals surface area contributed by atoms with E-state index in [4.69, 9.17) is 30.6 Å². The predicted octanol–water partition coefficient (Wildman–Crippen LogP) is 9.78. The Kier molecular flexibility index (Phi) is 9.64. The Morgan fingerprint density at radius 1 is 0.909 bits per heavy atom. The second kappa shape index (κ2) is 15.3. The minimum Gasteiger partial charge on any atom is -0.502 e. The third-order valence-electron chi connectivity index (χ3n) is 14.2. The number of para-hydroxylation sites is 2. The van der Waals surface area contributed by atoms with Crippen molar-refractivity contribution in [1.29, 1.82) is 0 Å². The predicted molar refractivity (Wildman–Crippen MR) is 251 cm³/mol. The van der Waals surface area contributed by atoms with E-state index in [0.717, 1.165) is 31.6 Å². The van der Waals surface area contributed by atoms with Crippen LogP contribution >= 0.6 is 22.9 Å². The van der Waals surface area contributed by atoms with E-state index < -0.39 is 46.8 Å². The first-order chi connectivity index (χ1) is 31.8. The van der Waals surface area contributed by atoms with Crippen molar-refractivity contribution in [3.05, 3.63) is 119 Å². The molecule has 332 valence electrons. The van der Waals surface area contributed by atoms with Gasteiger partial charge < -0.3 is 19.0 Å². The lowest BCUT2D eigenvalue weighted by atomic mass is 9.52. The molecule has 0 radical (unpaired) electrons. The maximum atomic E-state index is 15.3. The van der Waals surface area contributed by atoms with Gasteiger partial charge >= 0.3 is 0 Å². The lowest BCUT2D eigenvalue weighted by molar-refractivity contribution is -0.132. The molecule has 0 bridgehead atoms. The SMILES string of the molecule is COc1cc(C=CC2C3=CCC4C(=O)N(c5ccc(-c6nc7ccccc7o6)cc5)C(=O)C4C3CC3C(=O)N(c4cc(-c5sc6ccc(Cl)cc6c5C)nn4C)C(=O)C23C)cc(OC)c1O. The number of carbonyl (C=O) groups is 4. The summed E-state index contributed by atoms with van der Waals surface area (Å²) in [5.41, 5.74) is 4.24. The smallest absolute Gasteiger partial charge is 0.242 e. The number of aromatic hydroxyl groups is 1. The molecule has 6 unspecified atom stereocenters. The summed E-state index contributed by atoms with van der Waals surface area (Å²) in [6, 6.07) is 25.3. The van der Waals surface area contributed by atoms with Gasteiger partial charge in [0.1, 0.15) is 17.0 Å². The molecule has 3 aromatic heterocycles. The lowest BCUT2D eigenvalue weighted by Gasteiger charge is -2.47. The van der Waals surface area contributed by atoms with Gasteiger partial charge in [-0.15, -0.1) is 11.3 Å². The highest BCUT2D eigenvalue weighted by Gasteiger charge is 2.67. The number of amides is 4. The number of hydrogen-bond acceptors (Lipinski definition) is 11. The molecule has 2 saturated heterocycles. The maximum Gasteiger partial charge on any atom is 0.242 e. The van der Waals surface area contributed by atoms with Gasteiger partial charge in [-0.1, -0.05) is 47.5 Å². The monoisotopic (exact) mass is 919 g/mol. The lowest BCUT2D eigenvalue weighted by Crippen LogP contribution is -2.49. The molecule has 2 aliphatic carbocycles. The van der Waals surface area contributed by atoms with Crippen molar-refractivity contribution < 1.29 is 38.2 Å². The molecule has 4 amide bonds. The second-order valence-corrected chi connectivity index (χ2v) is 19.1. The number of thiophene rings is 1. The number of fused-ring (bicyclic) bond motifs is 6.